The first-order chi connectivity index (χ1) is 15.5. The molecule has 1 saturated heterocycles. The van der Waals surface area contributed by atoms with E-state index in [2.05, 4.69) is 9.64 Å². The van der Waals surface area contributed by atoms with Crippen molar-refractivity contribution in [3.63, 3.8) is 0 Å². The van der Waals surface area contributed by atoms with E-state index in [0.29, 0.717) is 32.7 Å². The summed E-state index contributed by atoms with van der Waals surface area (Å²) in [5.74, 6) is -1.97. The minimum absolute atomic E-state index is 0.0549. The standard InChI is InChI=1S/C21H23F4N3O4S/c1-2-33(30,31)26-18-8-5-16(13-19(18)32-21(23,24)25)20(29)28-11-9-27(10-12-28)14-15-3-6-17(22)7-4-15/h3-8,13,26H,2,9-12,14H2,1H3. The predicted octanol–water partition coefficient (Wildman–Crippen LogP) is 3.44. The molecule has 33 heavy (non-hydrogen) atoms. The molecule has 0 radical (unpaired) electrons. The topological polar surface area (TPSA) is 79.0 Å². The Kier molecular flexibility index (Phi) is 7.48. The molecule has 7 nitrogen and oxygen atoms in total. The van der Waals surface area contributed by atoms with Crippen molar-refractivity contribution in [2.24, 2.45) is 0 Å². The van der Waals surface area contributed by atoms with E-state index in [0.717, 1.165) is 17.7 Å². The molecule has 0 aromatic heterocycles. The number of alkyl halides is 3. The van der Waals surface area contributed by atoms with E-state index in [-0.39, 0.29) is 17.1 Å². The van der Waals surface area contributed by atoms with Crippen molar-refractivity contribution < 1.29 is 35.5 Å². The van der Waals surface area contributed by atoms with Gasteiger partial charge in [0.05, 0.1) is 11.4 Å². The lowest BCUT2D eigenvalue weighted by Crippen LogP contribution is -2.48. The average Bonchev–Trinajstić information content (AvgIpc) is 2.75. The van der Waals surface area contributed by atoms with E-state index in [4.69, 9.17) is 0 Å². The second kappa shape index (κ2) is 9.96. The number of carbonyl (C=O) groups excluding carboxylic acids is 1. The molecule has 180 valence electrons. The number of anilines is 1. The van der Waals surface area contributed by atoms with Crippen LogP contribution in [0.15, 0.2) is 42.5 Å². The molecule has 1 N–H and O–H groups in total. The molecule has 0 unspecified atom stereocenters. The third-order valence-corrected chi connectivity index (χ3v) is 6.37. The highest BCUT2D eigenvalue weighted by atomic mass is 32.2. The summed E-state index contributed by atoms with van der Waals surface area (Å²) in [6, 6.07) is 9.33. The highest BCUT2D eigenvalue weighted by Gasteiger charge is 2.33. The number of nitrogens with one attached hydrogen (secondary N) is 1. The molecule has 0 spiro atoms. The van der Waals surface area contributed by atoms with Gasteiger partial charge in [-0.05, 0) is 42.8 Å². The molecule has 12 heteroatoms. The molecular weight excluding hydrogens is 466 g/mol. The van der Waals surface area contributed by atoms with Gasteiger partial charge in [0.2, 0.25) is 10.0 Å². The zero-order valence-corrected chi connectivity index (χ0v) is 18.5. The number of piperazine rings is 1. The summed E-state index contributed by atoms with van der Waals surface area (Å²) in [6.45, 7) is 3.67. The fraction of sp³-hybridized carbons (Fsp3) is 0.381. The summed E-state index contributed by atoms with van der Waals surface area (Å²) in [4.78, 5) is 16.4. The van der Waals surface area contributed by atoms with Gasteiger partial charge in [-0.2, -0.15) is 0 Å². The third-order valence-electron chi connectivity index (χ3n) is 5.08. The Morgan fingerprint density at radius 3 is 2.27 bits per heavy atom. The molecular formula is C21H23F4N3O4S. The number of amides is 1. The van der Waals surface area contributed by atoms with Gasteiger partial charge in [-0.15, -0.1) is 13.2 Å². The highest BCUT2D eigenvalue weighted by Crippen LogP contribution is 2.32. The number of hydrogen-bond donors (Lipinski definition) is 1. The number of ether oxygens (including phenoxy) is 1. The van der Waals surface area contributed by atoms with E-state index >= 15 is 0 Å². The van der Waals surface area contributed by atoms with Gasteiger partial charge >= 0.3 is 6.36 Å². The van der Waals surface area contributed by atoms with Crippen molar-refractivity contribution in [3.05, 3.63) is 59.4 Å². The molecule has 0 atom stereocenters. The Hall–Kier alpha value is -2.86. The molecule has 1 heterocycles. The SMILES string of the molecule is CCS(=O)(=O)Nc1ccc(C(=O)N2CCN(Cc3ccc(F)cc3)CC2)cc1OC(F)(F)F. The van der Waals surface area contributed by atoms with Crippen LogP contribution in [0.25, 0.3) is 0 Å². The molecule has 1 amide bonds. The largest absolute Gasteiger partial charge is 0.573 e. The number of hydrogen-bond acceptors (Lipinski definition) is 5. The van der Waals surface area contributed by atoms with E-state index in [9.17, 15) is 30.8 Å². The van der Waals surface area contributed by atoms with Crippen molar-refractivity contribution >= 4 is 21.6 Å². The Balaban J connectivity index is 1.70. The number of rotatable bonds is 7. The van der Waals surface area contributed by atoms with E-state index in [1.54, 1.807) is 12.1 Å². The molecule has 0 saturated carbocycles. The molecule has 0 aliphatic carbocycles. The summed E-state index contributed by atoms with van der Waals surface area (Å²) < 4.78 is 81.1. The maximum Gasteiger partial charge on any atom is 0.573 e. The lowest BCUT2D eigenvalue weighted by molar-refractivity contribution is -0.274. The maximum atomic E-state index is 13.0. The molecule has 1 aliphatic heterocycles. The molecule has 2 aromatic rings. The fourth-order valence-corrected chi connectivity index (χ4v) is 3.98. The van der Waals surface area contributed by atoms with Gasteiger partial charge in [0.1, 0.15) is 5.82 Å². The van der Waals surface area contributed by atoms with Crippen molar-refractivity contribution in [2.45, 2.75) is 19.8 Å². The average molecular weight is 489 g/mol. The first-order valence-electron chi connectivity index (χ1n) is 10.1. The Bertz CT molecular complexity index is 1080. The molecule has 1 fully saturated rings. The van der Waals surface area contributed by atoms with E-state index < -0.39 is 33.7 Å². The lowest BCUT2D eigenvalue weighted by Gasteiger charge is -2.35. The van der Waals surface area contributed by atoms with Crippen molar-refractivity contribution in [2.75, 3.05) is 36.7 Å². The summed E-state index contributed by atoms with van der Waals surface area (Å²) in [6.07, 6.45) is -5.07. The van der Waals surface area contributed by atoms with Gasteiger partial charge < -0.3 is 9.64 Å². The molecule has 1 aliphatic rings. The van der Waals surface area contributed by atoms with Gasteiger partial charge in [0.15, 0.2) is 5.75 Å². The smallest absolute Gasteiger partial charge is 0.404 e. The normalized spacial score (nSPS) is 15.4. The number of carbonyl (C=O) groups is 1. The zero-order valence-electron chi connectivity index (χ0n) is 17.7. The number of sulfonamides is 1. The van der Waals surface area contributed by atoms with Gasteiger partial charge in [-0.1, -0.05) is 12.1 Å². The lowest BCUT2D eigenvalue weighted by atomic mass is 10.1. The predicted molar refractivity (Wildman–Crippen MR) is 114 cm³/mol. The van der Waals surface area contributed by atoms with Crippen LogP contribution in [0.3, 0.4) is 0 Å². The summed E-state index contributed by atoms with van der Waals surface area (Å²) in [5, 5.41) is 0. The Labute approximate surface area is 189 Å². The first kappa shape index (κ1) is 24.8. The number of halogens is 4. The molecule has 3 rings (SSSR count). The fourth-order valence-electron chi connectivity index (χ4n) is 3.33. The maximum absolute atomic E-state index is 13.0. The second-order valence-electron chi connectivity index (χ2n) is 7.46. The van der Waals surface area contributed by atoms with E-state index in [1.807, 2.05) is 4.72 Å². The van der Waals surface area contributed by atoms with Crippen LogP contribution in [0.1, 0.15) is 22.8 Å². The van der Waals surface area contributed by atoms with Crippen LogP contribution in [0.2, 0.25) is 0 Å². The summed E-state index contributed by atoms with van der Waals surface area (Å²) in [5.41, 5.74) is 0.464. The second-order valence-corrected chi connectivity index (χ2v) is 9.47. The first-order valence-corrected chi connectivity index (χ1v) is 11.8. The zero-order chi connectivity index (χ0) is 24.2. The summed E-state index contributed by atoms with van der Waals surface area (Å²) >= 11 is 0. The molecule has 2 aromatic carbocycles. The highest BCUT2D eigenvalue weighted by molar-refractivity contribution is 7.92. The number of nitrogens with zero attached hydrogens (tertiary/aromatic N) is 2. The summed E-state index contributed by atoms with van der Waals surface area (Å²) in [7, 11) is -3.86. The van der Waals surface area contributed by atoms with E-state index in [1.165, 1.54) is 30.0 Å². The van der Waals surface area contributed by atoms with Crippen molar-refractivity contribution in [1.82, 2.24) is 9.80 Å². The van der Waals surface area contributed by atoms with Crippen LogP contribution in [0.5, 0.6) is 5.75 Å². The number of benzene rings is 2. The Morgan fingerprint density at radius 1 is 1.06 bits per heavy atom. The van der Waals surface area contributed by atoms with Gasteiger partial charge in [-0.3, -0.25) is 14.4 Å². The van der Waals surface area contributed by atoms with Gasteiger partial charge in [0.25, 0.3) is 5.91 Å². The van der Waals surface area contributed by atoms with Crippen LogP contribution >= 0.6 is 0 Å². The quantitative estimate of drug-likeness (QED) is 0.603. The van der Waals surface area contributed by atoms with Crippen LogP contribution in [-0.2, 0) is 16.6 Å². The van der Waals surface area contributed by atoms with Crippen molar-refractivity contribution in [3.8, 4) is 5.75 Å². The van der Waals surface area contributed by atoms with Gasteiger partial charge in [-0.25, -0.2) is 12.8 Å². The van der Waals surface area contributed by atoms with Crippen LogP contribution in [-0.4, -0.2) is 62.4 Å². The Morgan fingerprint density at radius 2 is 1.70 bits per heavy atom. The minimum Gasteiger partial charge on any atom is -0.404 e. The monoisotopic (exact) mass is 489 g/mol. The molecule has 0 bridgehead atoms. The van der Waals surface area contributed by atoms with Gasteiger partial charge in [0, 0.05) is 38.3 Å². The third kappa shape index (κ3) is 7.06. The van der Waals surface area contributed by atoms with Crippen molar-refractivity contribution in [1.29, 1.82) is 0 Å². The minimum atomic E-state index is -5.07. The van der Waals surface area contributed by atoms with Crippen LogP contribution in [0, 0.1) is 5.82 Å². The van der Waals surface area contributed by atoms with Crippen LogP contribution < -0.4 is 9.46 Å². The van der Waals surface area contributed by atoms with Crippen LogP contribution in [0.4, 0.5) is 23.2 Å².